The molecule has 0 aliphatic carbocycles. The number of nitrogens with zero attached hydrogens (tertiary/aromatic N) is 1. The Morgan fingerprint density at radius 1 is 1.38 bits per heavy atom. The van der Waals surface area contributed by atoms with Gasteiger partial charge in [0.2, 0.25) is 10.0 Å². The fraction of sp³-hybridized carbons (Fsp3) is 0. The van der Waals surface area contributed by atoms with Gasteiger partial charge in [0.05, 0.1) is 0 Å². The van der Waals surface area contributed by atoms with E-state index in [-0.39, 0.29) is 10.5 Å². The summed E-state index contributed by atoms with van der Waals surface area (Å²) in [5, 5.41) is 4.97. The first-order chi connectivity index (χ1) is 6.09. The normalized spacial score (nSPS) is 12.1. The number of para-hydroxylation sites is 1. The van der Waals surface area contributed by atoms with E-state index in [1.165, 1.54) is 12.5 Å². The van der Waals surface area contributed by atoms with Crippen molar-refractivity contribution in [1.29, 1.82) is 0 Å². The standard InChI is InChI=1S/C7H6N2O3S/c8-13(10,11)6-3-1-2-5-7(6)12-4-9-5/h1-4H,(H2,8,10,11). The number of sulfonamides is 1. The second kappa shape index (κ2) is 2.54. The molecular formula is C7H6N2O3S. The summed E-state index contributed by atoms with van der Waals surface area (Å²) >= 11 is 0. The first-order valence-electron chi connectivity index (χ1n) is 3.44. The highest BCUT2D eigenvalue weighted by molar-refractivity contribution is 7.89. The first kappa shape index (κ1) is 8.21. The number of hydrogen-bond donors (Lipinski definition) is 1. The zero-order valence-corrected chi connectivity index (χ0v) is 7.28. The molecule has 0 atom stereocenters. The smallest absolute Gasteiger partial charge is 0.241 e. The number of fused-ring (bicyclic) bond motifs is 1. The maximum atomic E-state index is 11.0. The second-order valence-electron chi connectivity index (χ2n) is 2.50. The Morgan fingerprint density at radius 2 is 2.15 bits per heavy atom. The van der Waals surface area contributed by atoms with Crippen molar-refractivity contribution < 1.29 is 12.8 Å². The molecule has 68 valence electrons. The van der Waals surface area contributed by atoms with Crippen LogP contribution in [0.1, 0.15) is 0 Å². The summed E-state index contributed by atoms with van der Waals surface area (Å²) in [5.41, 5.74) is 0.677. The van der Waals surface area contributed by atoms with Crippen LogP contribution in [0.2, 0.25) is 0 Å². The molecule has 13 heavy (non-hydrogen) atoms. The monoisotopic (exact) mass is 198 g/mol. The minimum Gasteiger partial charge on any atom is -0.442 e. The molecule has 0 saturated carbocycles. The zero-order chi connectivity index (χ0) is 9.47. The van der Waals surface area contributed by atoms with Gasteiger partial charge in [0.25, 0.3) is 0 Å². The van der Waals surface area contributed by atoms with Crippen LogP contribution >= 0.6 is 0 Å². The van der Waals surface area contributed by atoms with Gasteiger partial charge < -0.3 is 4.42 Å². The molecule has 5 nitrogen and oxygen atoms in total. The van der Waals surface area contributed by atoms with E-state index in [2.05, 4.69) is 4.98 Å². The molecule has 6 heteroatoms. The molecule has 0 spiro atoms. The van der Waals surface area contributed by atoms with Gasteiger partial charge in [0.1, 0.15) is 10.4 Å². The third-order valence-electron chi connectivity index (χ3n) is 1.63. The van der Waals surface area contributed by atoms with E-state index in [0.717, 1.165) is 0 Å². The lowest BCUT2D eigenvalue weighted by atomic mass is 10.3. The average molecular weight is 198 g/mol. The average Bonchev–Trinajstić information content (AvgIpc) is 2.48. The summed E-state index contributed by atoms with van der Waals surface area (Å²) < 4.78 is 27.0. The number of nitrogens with two attached hydrogens (primary N) is 1. The maximum absolute atomic E-state index is 11.0. The minimum absolute atomic E-state index is 0.0394. The fourth-order valence-corrected chi connectivity index (χ4v) is 1.76. The summed E-state index contributed by atoms with van der Waals surface area (Å²) in [6, 6.07) is 4.58. The van der Waals surface area contributed by atoms with Crippen molar-refractivity contribution in [1.82, 2.24) is 4.98 Å². The summed E-state index contributed by atoms with van der Waals surface area (Å²) in [6.07, 6.45) is 1.18. The number of primary sulfonamides is 1. The molecule has 0 aliphatic rings. The van der Waals surface area contributed by atoms with Gasteiger partial charge in [-0.15, -0.1) is 0 Å². The van der Waals surface area contributed by atoms with Crippen LogP contribution in [-0.2, 0) is 10.0 Å². The number of aromatic nitrogens is 1. The molecular weight excluding hydrogens is 192 g/mol. The van der Waals surface area contributed by atoms with Crippen LogP contribution in [0.25, 0.3) is 11.1 Å². The van der Waals surface area contributed by atoms with Crippen LogP contribution in [-0.4, -0.2) is 13.4 Å². The molecule has 2 aromatic rings. The van der Waals surface area contributed by atoms with Crippen molar-refractivity contribution in [2.24, 2.45) is 5.14 Å². The van der Waals surface area contributed by atoms with Crippen LogP contribution in [0.5, 0.6) is 0 Å². The molecule has 0 saturated heterocycles. The van der Waals surface area contributed by atoms with Crippen molar-refractivity contribution in [2.45, 2.75) is 4.90 Å². The summed E-state index contributed by atoms with van der Waals surface area (Å²) in [6.45, 7) is 0. The second-order valence-corrected chi connectivity index (χ2v) is 4.03. The van der Waals surface area contributed by atoms with Crippen molar-refractivity contribution in [3.05, 3.63) is 24.6 Å². The fourth-order valence-electron chi connectivity index (χ4n) is 1.08. The molecule has 0 radical (unpaired) electrons. The summed E-state index contributed by atoms with van der Waals surface area (Å²) in [7, 11) is -3.73. The van der Waals surface area contributed by atoms with Crippen LogP contribution < -0.4 is 5.14 Å². The Balaban J connectivity index is 2.91. The van der Waals surface area contributed by atoms with E-state index in [4.69, 9.17) is 9.56 Å². The van der Waals surface area contributed by atoms with E-state index in [9.17, 15) is 8.42 Å². The molecule has 2 rings (SSSR count). The van der Waals surface area contributed by atoms with Gasteiger partial charge in [0.15, 0.2) is 12.0 Å². The SMILES string of the molecule is NS(=O)(=O)c1cccc2ncoc12. The predicted molar refractivity (Wildman–Crippen MR) is 45.4 cm³/mol. The van der Waals surface area contributed by atoms with Gasteiger partial charge in [-0.3, -0.25) is 0 Å². The zero-order valence-electron chi connectivity index (χ0n) is 6.47. The lowest BCUT2D eigenvalue weighted by molar-refractivity contribution is 0.580. The van der Waals surface area contributed by atoms with E-state index in [1.54, 1.807) is 12.1 Å². The van der Waals surface area contributed by atoms with Crippen molar-refractivity contribution in [2.75, 3.05) is 0 Å². The van der Waals surface area contributed by atoms with Gasteiger partial charge in [-0.1, -0.05) is 6.07 Å². The minimum atomic E-state index is -3.73. The molecule has 0 bridgehead atoms. The van der Waals surface area contributed by atoms with Crippen molar-refractivity contribution in [3.8, 4) is 0 Å². The molecule has 0 aliphatic heterocycles. The molecule has 1 aromatic heterocycles. The van der Waals surface area contributed by atoms with Gasteiger partial charge >= 0.3 is 0 Å². The molecule has 0 unspecified atom stereocenters. The van der Waals surface area contributed by atoms with E-state index < -0.39 is 10.0 Å². The van der Waals surface area contributed by atoms with E-state index in [1.807, 2.05) is 0 Å². The van der Waals surface area contributed by atoms with Crippen molar-refractivity contribution in [3.63, 3.8) is 0 Å². The van der Waals surface area contributed by atoms with Gasteiger partial charge in [-0.05, 0) is 12.1 Å². The van der Waals surface area contributed by atoms with Gasteiger partial charge in [0, 0.05) is 0 Å². The Kier molecular flexibility index (Phi) is 1.61. The lowest BCUT2D eigenvalue weighted by Crippen LogP contribution is -2.12. The predicted octanol–water partition coefficient (Wildman–Crippen LogP) is 0.475. The van der Waals surface area contributed by atoms with Crippen LogP contribution in [0, 0.1) is 0 Å². The summed E-state index contributed by atoms with van der Waals surface area (Å²) in [5.74, 6) is 0. The quantitative estimate of drug-likeness (QED) is 0.721. The molecule has 0 fully saturated rings. The molecule has 2 N–H and O–H groups in total. The topological polar surface area (TPSA) is 86.2 Å². The first-order valence-corrected chi connectivity index (χ1v) is 4.99. The number of rotatable bonds is 1. The molecule has 1 heterocycles. The van der Waals surface area contributed by atoms with Gasteiger partial charge in [-0.25, -0.2) is 18.5 Å². The number of oxazole rings is 1. The van der Waals surface area contributed by atoms with Crippen LogP contribution in [0.4, 0.5) is 0 Å². The number of hydrogen-bond acceptors (Lipinski definition) is 4. The van der Waals surface area contributed by atoms with E-state index >= 15 is 0 Å². The third-order valence-corrected chi connectivity index (χ3v) is 2.56. The van der Waals surface area contributed by atoms with Crippen LogP contribution in [0.3, 0.4) is 0 Å². The Bertz CT molecular complexity index is 544. The highest BCUT2D eigenvalue weighted by atomic mass is 32.2. The van der Waals surface area contributed by atoms with Crippen LogP contribution in [0.15, 0.2) is 33.9 Å². The highest BCUT2D eigenvalue weighted by Gasteiger charge is 2.14. The Labute approximate surface area is 74.2 Å². The Hall–Kier alpha value is -1.40. The molecule has 1 aromatic carbocycles. The lowest BCUT2D eigenvalue weighted by Gasteiger charge is -1.96. The van der Waals surface area contributed by atoms with Gasteiger partial charge in [-0.2, -0.15) is 0 Å². The maximum Gasteiger partial charge on any atom is 0.241 e. The molecule has 0 amide bonds. The third kappa shape index (κ3) is 1.30. The largest absolute Gasteiger partial charge is 0.442 e. The Morgan fingerprint density at radius 3 is 2.85 bits per heavy atom. The van der Waals surface area contributed by atoms with Crippen molar-refractivity contribution >= 4 is 21.1 Å². The summed E-state index contributed by atoms with van der Waals surface area (Å²) in [4.78, 5) is 3.77. The van der Waals surface area contributed by atoms with E-state index in [0.29, 0.717) is 5.52 Å². The number of benzene rings is 1. The highest BCUT2D eigenvalue weighted by Crippen LogP contribution is 2.20.